The van der Waals surface area contributed by atoms with Gasteiger partial charge in [0.1, 0.15) is 16.9 Å². The molecule has 1 aromatic carbocycles. The van der Waals surface area contributed by atoms with Crippen LogP contribution in [0.1, 0.15) is 13.8 Å². The molecule has 126 valence electrons. The molecule has 6 nitrogen and oxygen atoms in total. The van der Waals surface area contributed by atoms with E-state index in [4.69, 9.17) is 21.1 Å². The zero-order chi connectivity index (χ0) is 17.6. The number of hydrogen-bond acceptors (Lipinski definition) is 4. The normalized spacial score (nSPS) is 10.7. The molecule has 0 heterocycles. The Morgan fingerprint density at radius 2 is 1.83 bits per heavy atom. The first-order chi connectivity index (χ1) is 10.8. The third-order valence-electron chi connectivity index (χ3n) is 3.26. The molecule has 0 spiro atoms. The lowest BCUT2D eigenvalue weighted by Crippen LogP contribution is -2.45. The van der Waals surface area contributed by atoms with Crippen LogP contribution in [0.25, 0.3) is 0 Å². The fourth-order valence-corrected chi connectivity index (χ4v) is 1.96. The molecule has 2 amide bonds. The van der Waals surface area contributed by atoms with Crippen molar-refractivity contribution in [3.8, 4) is 11.5 Å². The highest BCUT2D eigenvalue weighted by atomic mass is 35.5. The Balaban J connectivity index is 3.04. The first kappa shape index (κ1) is 18.8. The Morgan fingerprint density at radius 3 is 2.35 bits per heavy atom. The molecular formula is C16H21ClN2O4. The number of amides is 2. The van der Waals surface area contributed by atoms with Gasteiger partial charge in [-0.3, -0.25) is 9.59 Å². The first-order valence-corrected chi connectivity index (χ1v) is 7.27. The van der Waals surface area contributed by atoms with Gasteiger partial charge in [0.25, 0.3) is 0 Å². The summed E-state index contributed by atoms with van der Waals surface area (Å²) in [5.74, 6) is -0.139. The molecule has 0 radical (unpaired) electrons. The molecule has 0 atom stereocenters. The molecule has 0 bridgehead atoms. The second kappa shape index (κ2) is 7.87. The van der Waals surface area contributed by atoms with Crippen molar-refractivity contribution in [3.63, 3.8) is 0 Å². The number of benzene rings is 1. The fourth-order valence-electron chi connectivity index (χ4n) is 1.73. The van der Waals surface area contributed by atoms with Crippen molar-refractivity contribution >= 4 is 29.1 Å². The smallest absolute Gasteiger partial charge is 0.239 e. The summed E-state index contributed by atoms with van der Waals surface area (Å²) in [5, 5.41) is 5.63. The van der Waals surface area contributed by atoms with Crippen LogP contribution in [-0.2, 0) is 9.59 Å². The molecule has 0 unspecified atom stereocenters. The first-order valence-electron chi connectivity index (χ1n) is 6.90. The minimum Gasteiger partial charge on any atom is -0.495 e. The van der Waals surface area contributed by atoms with E-state index in [2.05, 4.69) is 17.2 Å². The quantitative estimate of drug-likeness (QED) is 0.591. The lowest BCUT2D eigenvalue weighted by Gasteiger charge is -2.23. The van der Waals surface area contributed by atoms with Crippen LogP contribution in [0, 0.1) is 5.41 Å². The Kier molecular flexibility index (Phi) is 6.45. The minimum absolute atomic E-state index is 0.285. The van der Waals surface area contributed by atoms with Crippen LogP contribution in [0.3, 0.4) is 0 Å². The van der Waals surface area contributed by atoms with Gasteiger partial charge < -0.3 is 20.1 Å². The van der Waals surface area contributed by atoms with E-state index < -0.39 is 17.2 Å². The number of carbonyl (C=O) groups is 2. The zero-order valence-electron chi connectivity index (χ0n) is 13.7. The molecule has 1 rings (SSSR count). The van der Waals surface area contributed by atoms with E-state index in [-0.39, 0.29) is 6.54 Å². The molecule has 2 N–H and O–H groups in total. The number of carbonyl (C=O) groups excluding carboxylic acids is 2. The maximum atomic E-state index is 12.5. The topological polar surface area (TPSA) is 76.7 Å². The van der Waals surface area contributed by atoms with Gasteiger partial charge in [0, 0.05) is 18.7 Å². The maximum Gasteiger partial charge on any atom is 0.239 e. The number of rotatable bonds is 7. The SMILES string of the molecule is C=CCNC(=O)C(C)(C)C(=O)Nc1cc(OC)c(Cl)cc1OC. The number of halogens is 1. The Morgan fingerprint density at radius 1 is 1.22 bits per heavy atom. The van der Waals surface area contributed by atoms with E-state index in [0.717, 1.165) is 0 Å². The van der Waals surface area contributed by atoms with Gasteiger partial charge in [-0.2, -0.15) is 0 Å². The highest BCUT2D eigenvalue weighted by Gasteiger charge is 2.36. The lowest BCUT2D eigenvalue weighted by molar-refractivity contribution is -0.138. The summed E-state index contributed by atoms with van der Waals surface area (Å²) in [6.45, 7) is 6.86. The van der Waals surface area contributed by atoms with E-state index >= 15 is 0 Å². The summed E-state index contributed by atoms with van der Waals surface area (Å²) >= 11 is 6.02. The highest BCUT2D eigenvalue weighted by Crippen LogP contribution is 2.36. The zero-order valence-corrected chi connectivity index (χ0v) is 14.4. The monoisotopic (exact) mass is 340 g/mol. The van der Waals surface area contributed by atoms with E-state index in [0.29, 0.717) is 22.2 Å². The van der Waals surface area contributed by atoms with Crippen LogP contribution < -0.4 is 20.1 Å². The van der Waals surface area contributed by atoms with Gasteiger partial charge in [0.05, 0.1) is 24.9 Å². The molecule has 0 saturated heterocycles. The summed E-state index contributed by atoms with van der Waals surface area (Å²) < 4.78 is 10.3. The molecule has 1 aromatic rings. The van der Waals surface area contributed by atoms with Crippen molar-refractivity contribution in [2.45, 2.75) is 13.8 Å². The molecule has 23 heavy (non-hydrogen) atoms. The van der Waals surface area contributed by atoms with E-state index in [1.165, 1.54) is 40.2 Å². The molecule has 0 fully saturated rings. The lowest BCUT2D eigenvalue weighted by atomic mass is 9.91. The van der Waals surface area contributed by atoms with Gasteiger partial charge >= 0.3 is 0 Å². The van der Waals surface area contributed by atoms with Crippen molar-refractivity contribution in [2.24, 2.45) is 5.41 Å². The summed E-state index contributed by atoms with van der Waals surface area (Å²) in [5.41, 5.74) is -0.913. The van der Waals surface area contributed by atoms with Gasteiger partial charge in [-0.15, -0.1) is 6.58 Å². The largest absolute Gasteiger partial charge is 0.495 e. The van der Waals surface area contributed by atoms with Crippen LogP contribution in [-0.4, -0.2) is 32.6 Å². The maximum absolute atomic E-state index is 12.5. The van der Waals surface area contributed by atoms with Crippen LogP contribution >= 0.6 is 11.6 Å². The predicted molar refractivity (Wildman–Crippen MR) is 90.2 cm³/mol. The molecule has 7 heteroatoms. The summed E-state index contributed by atoms with van der Waals surface area (Å²) in [4.78, 5) is 24.6. The fraction of sp³-hybridized carbons (Fsp3) is 0.375. The van der Waals surface area contributed by atoms with Crippen molar-refractivity contribution in [1.29, 1.82) is 0 Å². The van der Waals surface area contributed by atoms with Crippen LogP contribution in [0.2, 0.25) is 5.02 Å². The number of ether oxygens (including phenoxy) is 2. The molecule has 0 saturated carbocycles. The molecule has 0 aliphatic carbocycles. The number of hydrogen-bond donors (Lipinski definition) is 2. The Labute approximate surface area is 140 Å². The summed E-state index contributed by atoms with van der Waals surface area (Å²) in [7, 11) is 2.92. The van der Waals surface area contributed by atoms with Crippen molar-refractivity contribution in [2.75, 3.05) is 26.1 Å². The van der Waals surface area contributed by atoms with Crippen LogP contribution in [0.5, 0.6) is 11.5 Å². The van der Waals surface area contributed by atoms with Gasteiger partial charge in [0.2, 0.25) is 11.8 Å². The Hall–Kier alpha value is -2.21. The van der Waals surface area contributed by atoms with Gasteiger partial charge in [0.15, 0.2) is 0 Å². The van der Waals surface area contributed by atoms with E-state index in [1.54, 1.807) is 6.08 Å². The number of nitrogens with one attached hydrogen (secondary N) is 2. The molecule has 0 aromatic heterocycles. The highest BCUT2D eigenvalue weighted by molar-refractivity contribution is 6.32. The van der Waals surface area contributed by atoms with Crippen LogP contribution in [0.15, 0.2) is 24.8 Å². The number of methoxy groups -OCH3 is 2. The van der Waals surface area contributed by atoms with E-state index in [9.17, 15) is 9.59 Å². The predicted octanol–water partition coefficient (Wildman–Crippen LogP) is 2.62. The standard InChI is InChI=1S/C16H21ClN2O4/c1-6-7-18-14(20)16(2,3)15(21)19-11-9-12(22-4)10(17)8-13(11)23-5/h6,8-9H,1,7H2,2-5H3,(H,18,20)(H,19,21). The van der Waals surface area contributed by atoms with E-state index in [1.807, 2.05) is 0 Å². The van der Waals surface area contributed by atoms with Gasteiger partial charge in [-0.1, -0.05) is 17.7 Å². The second-order valence-corrected chi connectivity index (χ2v) is 5.67. The second-order valence-electron chi connectivity index (χ2n) is 5.26. The van der Waals surface area contributed by atoms with Crippen molar-refractivity contribution in [3.05, 3.63) is 29.8 Å². The average Bonchev–Trinajstić information content (AvgIpc) is 2.53. The summed E-state index contributed by atoms with van der Waals surface area (Å²) in [6, 6.07) is 3.07. The van der Waals surface area contributed by atoms with Crippen LogP contribution in [0.4, 0.5) is 5.69 Å². The third-order valence-corrected chi connectivity index (χ3v) is 3.56. The Bertz CT molecular complexity index is 614. The van der Waals surface area contributed by atoms with Gasteiger partial charge in [-0.25, -0.2) is 0 Å². The average molecular weight is 341 g/mol. The minimum atomic E-state index is -1.28. The summed E-state index contributed by atoms with van der Waals surface area (Å²) in [6.07, 6.45) is 1.54. The molecule has 0 aliphatic rings. The van der Waals surface area contributed by atoms with Gasteiger partial charge in [-0.05, 0) is 13.8 Å². The third kappa shape index (κ3) is 4.39. The molecular weight excluding hydrogens is 320 g/mol. The number of anilines is 1. The van der Waals surface area contributed by atoms with Crippen molar-refractivity contribution < 1.29 is 19.1 Å². The van der Waals surface area contributed by atoms with Crippen molar-refractivity contribution in [1.82, 2.24) is 5.32 Å². The molecule has 0 aliphatic heterocycles.